The molecule has 60 heavy (non-hydrogen) atoms. The molecule has 3 aliphatic carbocycles. The standard InChI is InChI=1S/C46H63N7O7/c47-45(48)49-34-22-19-31(20-23-34)25-38(41(54)43-51-36-17-9-10-18-40(36)60-43)50-42(55)39-26-35(58-28-32-13-5-2-6-14-32)27-53(39)44(56)37(24-21-30-11-3-1-4-12-30)52-46(57)59-29-33-15-7-8-16-33/h1,3-4,9-12,17-18,31-35,37-39H,2,5-8,13-16,19-29H2,(H,50,55)(H,52,57)(H4,47,48,49)/t31-,34-,35-,37-,38+,39+/m1/s1. The van der Waals surface area contributed by atoms with E-state index < -0.39 is 42.0 Å². The Morgan fingerprint density at radius 1 is 0.817 bits per heavy atom. The zero-order chi connectivity index (χ0) is 41.8. The van der Waals surface area contributed by atoms with Gasteiger partial charge in [0.05, 0.1) is 18.8 Å². The number of carbonyl (C=O) groups is 4. The Hall–Kier alpha value is -4.98. The van der Waals surface area contributed by atoms with Gasteiger partial charge >= 0.3 is 6.09 Å². The van der Waals surface area contributed by atoms with E-state index in [-0.39, 0.29) is 42.7 Å². The monoisotopic (exact) mass is 825 g/mol. The molecule has 4 aliphatic rings. The number of rotatable bonds is 17. The third-order valence-corrected chi connectivity index (χ3v) is 13.1. The number of Topliss-reactive ketones (excluding diaryl/α,β-unsaturated/α-hetero) is 1. The van der Waals surface area contributed by atoms with Gasteiger partial charge in [-0.05, 0) is 106 Å². The van der Waals surface area contributed by atoms with Crippen molar-refractivity contribution in [2.24, 2.45) is 23.5 Å². The van der Waals surface area contributed by atoms with Crippen LogP contribution in [0.25, 0.3) is 11.1 Å². The summed E-state index contributed by atoms with van der Waals surface area (Å²) >= 11 is 0. The Morgan fingerprint density at radius 3 is 2.22 bits per heavy atom. The molecule has 1 saturated heterocycles. The molecule has 3 saturated carbocycles. The fourth-order valence-corrected chi connectivity index (χ4v) is 9.73. The van der Waals surface area contributed by atoms with Gasteiger partial charge in [0.1, 0.15) is 17.6 Å². The van der Waals surface area contributed by atoms with Crippen LogP contribution in [0.3, 0.4) is 0 Å². The molecule has 14 nitrogen and oxygen atoms in total. The van der Waals surface area contributed by atoms with E-state index in [0.29, 0.717) is 55.4 Å². The second-order valence-corrected chi connectivity index (χ2v) is 17.6. The number of aromatic nitrogens is 1. The number of benzene rings is 2. The molecule has 6 N–H and O–H groups in total. The lowest BCUT2D eigenvalue weighted by molar-refractivity contribution is -0.140. The molecule has 7 rings (SSSR count). The minimum Gasteiger partial charge on any atom is -0.449 e. The van der Waals surface area contributed by atoms with Gasteiger partial charge in [0.25, 0.3) is 5.89 Å². The second kappa shape index (κ2) is 21.0. The van der Waals surface area contributed by atoms with Gasteiger partial charge in [0.2, 0.25) is 17.6 Å². The average molecular weight is 826 g/mol. The number of ketones is 1. The predicted octanol–water partition coefficient (Wildman–Crippen LogP) is 6.41. The summed E-state index contributed by atoms with van der Waals surface area (Å²) in [7, 11) is 0. The first-order valence-corrected chi connectivity index (χ1v) is 22.4. The molecular formula is C46H63N7O7. The summed E-state index contributed by atoms with van der Waals surface area (Å²) in [5.41, 5.74) is 7.65. The topological polar surface area (TPSA) is 202 Å². The molecule has 4 fully saturated rings. The highest BCUT2D eigenvalue weighted by Crippen LogP contribution is 2.31. The molecule has 2 heterocycles. The highest BCUT2D eigenvalue weighted by atomic mass is 16.5. The van der Waals surface area contributed by atoms with Crippen molar-refractivity contribution in [2.75, 3.05) is 19.8 Å². The maximum absolute atomic E-state index is 14.8. The van der Waals surface area contributed by atoms with Gasteiger partial charge in [-0.2, -0.15) is 0 Å². The summed E-state index contributed by atoms with van der Waals surface area (Å²) in [4.78, 5) is 63.1. The number of aryl methyl sites for hydroxylation is 1. The van der Waals surface area contributed by atoms with Crippen molar-refractivity contribution in [3.05, 3.63) is 66.1 Å². The molecule has 4 atom stereocenters. The van der Waals surface area contributed by atoms with Crippen LogP contribution in [0.1, 0.15) is 119 Å². The van der Waals surface area contributed by atoms with Crippen LogP contribution in [0.2, 0.25) is 0 Å². The van der Waals surface area contributed by atoms with Gasteiger partial charge in [-0.15, -0.1) is 0 Å². The van der Waals surface area contributed by atoms with E-state index in [2.05, 4.69) is 20.9 Å². The number of amides is 3. The van der Waals surface area contributed by atoms with Crippen LogP contribution in [0, 0.1) is 23.2 Å². The lowest BCUT2D eigenvalue weighted by atomic mass is 9.81. The SMILES string of the molecule is N=C(N)N[C@H]1CC[C@H](C[C@H](NC(=O)[C@@H]2C[C@@H](OCC3CCCCC3)CN2C(=O)[C@@H](CCc2ccccc2)NC(=O)OCC2CCCC2)C(=O)c2nc3ccccc3o2)CC1. The first-order valence-electron chi connectivity index (χ1n) is 22.4. The Balaban J connectivity index is 1.11. The summed E-state index contributed by atoms with van der Waals surface area (Å²) < 4.78 is 18.1. The van der Waals surface area contributed by atoms with Gasteiger partial charge in [-0.25, -0.2) is 9.78 Å². The average Bonchev–Trinajstić information content (AvgIpc) is 4.05. The number of alkyl carbamates (subject to hydrolysis) is 1. The van der Waals surface area contributed by atoms with E-state index in [4.69, 9.17) is 25.0 Å². The number of likely N-dealkylation sites (tertiary alicyclic amines) is 1. The van der Waals surface area contributed by atoms with Crippen LogP contribution in [-0.4, -0.2) is 89.6 Å². The van der Waals surface area contributed by atoms with Crippen molar-refractivity contribution in [1.29, 1.82) is 5.41 Å². The minimum atomic E-state index is -0.968. The van der Waals surface area contributed by atoms with Crippen LogP contribution in [-0.2, 0) is 25.5 Å². The zero-order valence-electron chi connectivity index (χ0n) is 34.8. The van der Waals surface area contributed by atoms with E-state index >= 15 is 0 Å². The number of carbonyl (C=O) groups excluding carboxylic acids is 4. The summed E-state index contributed by atoms with van der Waals surface area (Å²) in [5.74, 6) is -0.566. The number of oxazole rings is 1. The van der Waals surface area contributed by atoms with E-state index in [1.54, 1.807) is 17.0 Å². The molecular weight excluding hydrogens is 763 g/mol. The first-order chi connectivity index (χ1) is 29.2. The first kappa shape index (κ1) is 43.1. The lowest BCUT2D eigenvalue weighted by Gasteiger charge is -2.32. The molecule has 3 amide bonds. The molecule has 0 radical (unpaired) electrons. The Bertz CT molecular complexity index is 1870. The molecule has 0 bridgehead atoms. The van der Waals surface area contributed by atoms with E-state index in [9.17, 15) is 19.2 Å². The summed E-state index contributed by atoms with van der Waals surface area (Å²) in [6.45, 7) is 1.05. The fraction of sp³-hybridized carbons (Fsp3) is 0.609. The van der Waals surface area contributed by atoms with Crippen molar-refractivity contribution in [3.8, 4) is 0 Å². The summed E-state index contributed by atoms with van der Waals surface area (Å²) in [6, 6.07) is 14.2. The Morgan fingerprint density at radius 2 is 1.50 bits per heavy atom. The number of nitrogens with one attached hydrogen (secondary N) is 4. The number of nitrogens with zero attached hydrogens (tertiary/aromatic N) is 2. The van der Waals surface area contributed by atoms with Crippen molar-refractivity contribution in [1.82, 2.24) is 25.8 Å². The van der Waals surface area contributed by atoms with Crippen molar-refractivity contribution in [3.63, 3.8) is 0 Å². The molecule has 0 unspecified atom stereocenters. The number of para-hydroxylation sites is 2. The smallest absolute Gasteiger partial charge is 0.407 e. The van der Waals surface area contributed by atoms with Gasteiger partial charge < -0.3 is 40.5 Å². The summed E-state index contributed by atoms with van der Waals surface area (Å²) in [6.07, 6.45) is 13.5. The summed E-state index contributed by atoms with van der Waals surface area (Å²) in [5, 5.41) is 16.6. The number of fused-ring (bicyclic) bond motifs is 1. The lowest BCUT2D eigenvalue weighted by Crippen LogP contribution is -2.55. The van der Waals surface area contributed by atoms with E-state index in [1.807, 2.05) is 42.5 Å². The Labute approximate surface area is 353 Å². The highest BCUT2D eigenvalue weighted by Gasteiger charge is 2.44. The molecule has 14 heteroatoms. The molecule has 324 valence electrons. The maximum Gasteiger partial charge on any atom is 0.407 e. The molecule has 2 aromatic carbocycles. The van der Waals surface area contributed by atoms with Gasteiger partial charge in [-0.3, -0.25) is 19.8 Å². The number of hydrogen-bond donors (Lipinski definition) is 5. The van der Waals surface area contributed by atoms with Crippen LogP contribution >= 0.6 is 0 Å². The molecule has 0 spiro atoms. The third kappa shape index (κ3) is 11.9. The molecule has 3 aromatic rings. The molecule has 1 aromatic heterocycles. The quantitative estimate of drug-likeness (QED) is 0.0575. The number of guanidine groups is 1. The number of nitrogens with two attached hydrogens (primary N) is 1. The van der Waals surface area contributed by atoms with Crippen LogP contribution in [0.15, 0.2) is 59.0 Å². The van der Waals surface area contributed by atoms with Crippen LogP contribution in [0.5, 0.6) is 0 Å². The van der Waals surface area contributed by atoms with Crippen molar-refractivity contribution in [2.45, 2.75) is 139 Å². The van der Waals surface area contributed by atoms with Crippen molar-refractivity contribution < 1.29 is 33.1 Å². The van der Waals surface area contributed by atoms with E-state index in [0.717, 1.165) is 69.8 Å². The maximum atomic E-state index is 14.8. The number of hydrogen-bond acceptors (Lipinski definition) is 9. The van der Waals surface area contributed by atoms with Crippen LogP contribution in [0.4, 0.5) is 4.79 Å². The molecule has 1 aliphatic heterocycles. The predicted molar refractivity (Wildman–Crippen MR) is 227 cm³/mol. The van der Waals surface area contributed by atoms with Gasteiger partial charge in [0.15, 0.2) is 11.5 Å². The fourth-order valence-electron chi connectivity index (χ4n) is 9.73. The zero-order valence-corrected chi connectivity index (χ0v) is 34.8. The van der Waals surface area contributed by atoms with Gasteiger partial charge in [0, 0.05) is 25.6 Å². The van der Waals surface area contributed by atoms with E-state index in [1.165, 1.54) is 19.3 Å². The second-order valence-electron chi connectivity index (χ2n) is 17.6. The Kier molecular flexibility index (Phi) is 15.1. The normalized spacial score (nSPS) is 23.5. The highest BCUT2D eigenvalue weighted by molar-refractivity contribution is 6.01. The van der Waals surface area contributed by atoms with Gasteiger partial charge in [-0.1, -0.05) is 74.6 Å². The largest absolute Gasteiger partial charge is 0.449 e. The number of ether oxygens (including phenoxy) is 2. The minimum absolute atomic E-state index is 0.0649. The third-order valence-electron chi connectivity index (χ3n) is 13.1. The van der Waals surface area contributed by atoms with Crippen molar-refractivity contribution >= 4 is 40.8 Å². The van der Waals surface area contributed by atoms with Crippen LogP contribution < -0.4 is 21.7 Å².